The van der Waals surface area contributed by atoms with Crippen LogP contribution >= 0.6 is 0 Å². The van der Waals surface area contributed by atoms with Crippen LogP contribution in [0.15, 0.2) is 42.5 Å². The Morgan fingerprint density at radius 1 is 1.21 bits per heavy atom. The Balaban J connectivity index is 1.75. The number of benzene rings is 2. The molecule has 0 saturated carbocycles. The fourth-order valence-corrected chi connectivity index (χ4v) is 2.04. The first-order valence-corrected chi connectivity index (χ1v) is 7.31. The van der Waals surface area contributed by atoms with Gasteiger partial charge in [-0.25, -0.2) is 8.78 Å². The van der Waals surface area contributed by atoms with Crippen LogP contribution in [0.1, 0.15) is 15.9 Å². The van der Waals surface area contributed by atoms with Crippen molar-refractivity contribution < 1.29 is 23.4 Å². The third kappa shape index (κ3) is 5.29. The minimum Gasteiger partial charge on any atom is -0.491 e. The van der Waals surface area contributed by atoms with Crippen LogP contribution in [0.3, 0.4) is 0 Å². The highest BCUT2D eigenvalue weighted by atomic mass is 19.2. The fourth-order valence-electron chi connectivity index (χ4n) is 2.04. The number of aliphatic hydroxyl groups is 1. The number of carbonyl (C=O) groups excluding carboxylic acids is 1. The lowest BCUT2D eigenvalue weighted by Crippen LogP contribution is -2.31. The van der Waals surface area contributed by atoms with Gasteiger partial charge >= 0.3 is 0 Å². The van der Waals surface area contributed by atoms with Crippen LogP contribution in [0.25, 0.3) is 0 Å². The molecule has 0 fully saturated rings. The van der Waals surface area contributed by atoms with Crippen LogP contribution in [0.4, 0.5) is 8.78 Å². The Kier molecular flexibility index (Phi) is 6.22. The molecule has 0 saturated heterocycles. The van der Waals surface area contributed by atoms with Gasteiger partial charge in [0, 0.05) is 24.7 Å². The van der Waals surface area contributed by atoms with Gasteiger partial charge in [0.25, 0.3) is 0 Å². The molecule has 2 aromatic rings. The van der Waals surface area contributed by atoms with E-state index in [2.05, 4.69) is 5.32 Å². The third-order valence-electron chi connectivity index (χ3n) is 3.25. The number of aliphatic hydroxyl groups excluding tert-OH is 1. The van der Waals surface area contributed by atoms with Crippen LogP contribution in [0.2, 0.25) is 0 Å². The van der Waals surface area contributed by atoms with Crippen LogP contribution in [-0.4, -0.2) is 30.3 Å². The number of rotatable bonds is 8. The quantitative estimate of drug-likeness (QED) is 0.683. The molecule has 0 aliphatic rings. The van der Waals surface area contributed by atoms with E-state index in [1.807, 2.05) is 6.07 Å². The zero-order valence-corrected chi connectivity index (χ0v) is 12.8. The number of nitrogens with one attached hydrogen (secondary N) is 1. The lowest BCUT2D eigenvalue weighted by Gasteiger charge is -2.13. The predicted octanol–water partition coefficient (Wildman–Crippen LogP) is 1.59. The Labute approximate surface area is 138 Å². The van der Waals surface area contributed by atoms with E-state index >= 15 is 0 Å². The molecule has 0 radical (unpaired) electrons. The van der Waals surface area contributed by atoms with E-state index in [1.54, 1.807) is 18.2 Å². The molecule has 0 spiro atoms. The summed E-state index contributed by atoms with van der Waals surface area (Å²) in [4.78, 5) is 11.1. The molecular weight excluding hydrogens is 318 g/mol. The van der Waals surface area contributed by atoms with Crippen molar-refractivity contribution in [2.45, 2.75) is 12.6 Å². The van der Waals surface area contributed by atoms with E-state index in [0.717, 1.165) is 17.7 Å². The maximum Gasteiger partial charge on any atom is 0.248 e. The number of hydrogen-bond acceptors (Lipinski definition) is 4. The summed E-state index contributed by atoms with van der Waals surface area (Å²) >= 11 is 0. The summed E-state index contributed by atoms with van der Waals surface area (Å²) in [5, 5.41) is 12.8. The molecule has 7 heteroatoms. The van der Waals surface area contributed by atoms with Gasteiger partial charge in [0.05, 0.1) is 0 Å². The summed E-state index contributed by atoms with van der Waals surface area (Å²) in [6.07, 6.45) is -0.836. The smallest absolute Gasteiger partial charge is 0.248 e. The summed E-state index contributed by atoms with van der Waals surface area (Å²) in [6, 6.07) is 10.00. The summed E-state index contributed by atoms with van der Waals surface area (Å²) in [5.74, 6) is -2.32. The van der Waals surface area contributed by atoms with Gasteiger partial charge in [-0.1, -0.05) is 12.1 Å². The second-order valence-electron chi connectivity index (χ2n) is 5.24. The predicted molar refractivity (Wildman–Crippen MR) is 84.5 cm³/mol. The normalized spacial score (nSPS) is 12.0. The molecule has 4 N–H and O–H groups in total. The summed E-state index contributed by atoms with van der Waals surface area (Å²) < 4.78 is 31.0. The summed E-state index contributed by atoms with van der Waals surface area (Å²) in [5.41, 5.74) is 6.47. The van der Waals surface area contributed by atoms with Crippen LogP contribution in [-0.2, 0) is 6.54 Å². The van der Waals surface area contributed by atoms with E-state index < -0.39 is 23.6 Å². The average Bonchev–Trinajstić information content (AvgIpc) is 2.56. The van der Waals surface area contributed by atoms with Gasteiger partial charge in [0.1, 0.15) is 18.5 Å². The number of nitrogens with two attached hydrogens (primary N) is 1. The van der Waals surface area contributed by atoms with E-state index in [4.69, 9.17) is 10.5 Å². The Bertz CT molecular complexity index is 710. The van der Waals surface area contributed by atoms with Gasteiger partial charge in [0.15, 0.2) is 11.6 Å². The van der Waals surface area contributed by atoms with E-state index in [9.17, 15) is 18.7 Å². The van der Waals surface area contributed by atoms with E-state index in [-0.39, 0.29) is 18.9 Å². The first-order chi connectivity index (χ1) is 11.5. The largest absolute Gasteiger partial charge is 0.491 e. The topological polar surface area (TPSA) is 84.6 Å². The molecule has 0 aliphatic heterocycles. The number of ether oxygens (including phenoxy) is 1. The van der Waals surface area contributed by atoms with Crippen molar-refractivity contribution in [3.8, 4) is 5.75 Å². The number of hydrogen-bond donors (Lipinski definition) is 3. The van der Waals surface area contributed by atoms with Gasteiger partial charge in [-0.15, -0.1) is 0 Å². The van der Waals surface area contributed by atoms with Gasteiger partial charge in [-0.2, -0.15) is 0 Å². The highest BCUT2D eigenvalue weighted by Crippen LogP contribution is 2.15. The molecule has 128 valence electrons. The molecule has 24 heavy (non-hydrogen) atoms. The highest BCUT2D eigenvalue weighted by molar-refractivity contribution is 5.92. The summed E-state index contributed by atoms with van der Waals surface area (Å²) in [6.45, 7) is 0.591. The second kappa shape index (κ2) is 8.37. The fraction of sp³-hybridized carbons (Fsp3) is 0.235. The molecule has 1 amide bonds. The van der Waals surface area contributed by atoms with Crippen molar-refractivity contribution in [3.05, 3.63) is 65.2 Å². The van der Waals surface area contributed by atoms with Crippen molar-refractivity contribution >= 4 is 5.91 Å². The monoisotopic (exact) mass is 336 g/mol. The third-order valence-corrected chi connectivity index (χ3v) is 3.25. The standard InChI is InChI=1S/C17H18F2N2O3/c18-15-5-4-14(7-16(15)19)24-10-13(22)9-21-8-11-2-1-3-12(6-11)17(20)23/h1-7,13,21-22H,8-10H2,(H2,20,23). The Morgan fingerprint density at radius 2 is 2.00 bits per heavy atom. The lowest BCUT2D eigenvalue weighted by molar-refractivity contribution is 0.0999. The number of halogens is 2. The maximum atomic E-state index is 13.0. The molecule has 1 unspecified atom stereocenters. The number of amides is 1. The van der Waals surface area contributed by atoms with E-state index in [0.29, 0.717) is 12.1 Å². The van der Waals surface area contributed by atoms with Crippen molar-refractivity contribution in [1.29, 1.82) is 0 Å². The first-order valence-electron chi connectivity index (χ1n) is 7.31. The second-order valence-corrected chi connectivity index (χ2v) is 5.24. The molecule has 2 rings (SSSR count). The first kappa shape index (κ1) is 17.8. The highest BCUT2D eigenvalue weighted by Gasteiger charge is 2.08. The van der Waals surface area contributed by atoms with Crippen LogP contribution in [0.5, 0.6) is 5.75 Å². The minimum absolute atomic E-state index is 0.0700. The molecule has 1 atom stereocenters. The Morgan fingerprint density at radius 3 is 2.71 bits per heavy atom. The lowest BCUT2D eigenvalue weighted by atomic mass is 10.1. The molecule has 0 aliphatic carbocycles. The van der Waals surface area contributed by atoms with Crippen LogP contribution < -0.4 is 15.8 Å². The van der Waals surface area contributed by atoms with Crippen molar-refractivity contribution in [2.75, 3.05) is 13.2 Å². The minimum atomic E-state index is -1.01. The maximum absolute atomic E-state index is 13.0. The molecule has 0 heterocycles. The van der Waals surface area contributed by atoms with Gasteiger partial charge in [-0.05, 0) is 29.8 Å². The summed E-state index contributed by atoms with van der Waals surface area (Å²) in [7, 11) is 0. The zero-order valence-electron chi connectivity index (χ0n) is 12.8. The zero-order chi connectivity index (χ0) is 17.5. The van der Waals surface area contributed by atoms with Gasteiger partial charge in [-0.3, -0.25) is 4.79 Å². The average molecular weight is 336 g/mol. The van der Waals surface area contributed by atoms with Crippen molar-refractivity contribution in [2.24, 2.45) is 5.73 Å². The molecule has 0 bridgehead atoms. The van der Waals surface area contributed by atoms with Gasteiger partial charge in [0.2, 0.25) is 5.91 Å². The molecule has 0 aromatic heterocycles. The molecule has 5 nitrogen and oxygen atoms in total. The number of primary amides is 1. The molecular formula is C17H18F2N2O3. The molecule has 2 aromatic carbocycles. The van der Waals surface area contributed by atoms with Gasteiger partial charge < -0.3 is 20.9 Å². The SMILES string of the molecule is NC(=O)c1cccc(CNCC(O)COc2ccc(F)c(F)c2)c1. The van der Waals surface area contributed by atoms with E-state index in [1.165, 1.54) is 6.07 Å². The Hall–Kier alpha value is -2.51. The van der Waals surface area contributed by atoms with Crippen molar-refractivity contribution in [1.82, 2.24) is 5.32 Å². The van der Waals surface area contributed by atoms with Crippen LogP contribution in [0, 0.1) is 11.6 Å². The van der Waals surface area contributed by atoms with Crippen molar-refractivity contribution in [3.63, 3.8) is 0 Å². The number of carbonyl (C=O) groups is 1.